The van der Waals surface area contributed by atoms with Crippen LogP contribution in [0.2, 0.25) is 0 Å². The van der Waals surface area contributed by atoms with Crippen LogP contribution in [0.25, 0.3) is 55.6 Å². The van der Waals surface area contributed by atoms with Gasteiger partial charge in [0.15, 0.2) is 0 Å². The molecule has 0 aliphatic rings. The summed E-state index contributed by atoms with van der Waals surface area (Å²) in [4.78, 5) is 9.95. The molecule has 188 valence electrons. The lowest BCUT2D eigenvalue weighted by Gasteiger charge is -2.14. The summed E-state index contributed by atoms with van der Waals surface area (Å²) in [5.74, 6) is 0.838. The summed E-state index contributed by atoms with van der Waals surface area (Å²) in [6, 6.07) is 30.1. The number of hydrogen-bond acceptors (Lipinski definition) is 3. The molecule has 3 nitrogen and oxygen atoms in total. The highest BCUT2D eigenvalue weighted by Gasteiger charge is 2.20. The largest absolute Gasteiger partial charge is 0.437 e. The molecule has 6 aromatic rings. The van der Waals surface area contributed by atoms with Gasteiger partial charge in [-0.2, -0.15) is 0 Å². The van der Waals surface area contributed by atoms with Crippen LogP contribution in [0.5, 0.6) is 0 Å². The van der Waals surface area contributed by atoms with Gasteiger partial charge in [0.1, 0.15) is 5.58 Å². The van der Waals surface area contributed by atoms with Crippen molar-refractivity contribution in [2.24, 2.45) is 0 Å². The average Bonchev–Trinajstić information content (AvgIpc) is 3.31. The van der Waals surface area contributed by atoms with Gasteiger partial charge in [-0.3, -0.25) is 4.98 Å². The number of nitrogens with zero attached hydrogens (tertiary/aromatic N) is 2. The molecule has 0 atom stereocenters. The first-order valence-corrected chi connectivity index (χ1v) is 13.4. The number of fused-ring (bicyclic) bond motifs is 3. The van der Waals surface area contributed by atoms with E-state index in [4.69, 9.17) is 14.4 Å². The maximum absolute atomic E-state index is 6.50. The first-order chi connectivity index (χ1) is 18.4. The Hall–Kier alpha value is -4.24. The van der Waals surface area contributed by atoms with E-state index < -0.39 is 0 Å². The standard InChI is InChI=1S/C35H32N2O/c1-21(2)24-12-14-25(15-13-24)27-19-30(26-9-7-6-8-10-26)33(36-20-27)32-23(5)11-16-28-29-17-18-31(22(3)4)37-35(29)38-34(28)32/h6-22H,1-5H3. The second-order valence-corrected chi connectivity index (χ2v) is 10.7. The molecular formula is C35H32N2O. The molecular weight excluding hydrogens is 464 g/mol. The van der Waals surface area contributed by atoms with E-state index in [1.165, 1.54) is 5.56 Å². The molecule has 3 heteroatoms. The third kappa shape index (κ3) is 4.18. The van der Waals surface area contributed by atoms with E-state index >= 15 is 0 Å². The van der Waals surface area contributed by atoms with E-state index in [-0.39, 0.29) is 0 Å². The minimum absolute atomic E-state index is 0.335. The van der Waals surface area contributed by atoms with E-state index in [9.17, 15) is 0 Å². The second-order valence-electron chi connectivity index (χ2n) is 10.7. The maximum atomic E-state index is 6.50. The van der Waals surface area contributed by atoms with Crippen molar-refractivity contribution in [2.75, 3.05) is 0 Å². The highest BCUT2D eigenvalue weighted by molar-refractivity contribution is 6.10. The summed E-state index contributed by atoms with van der Waals surface area (Å²) in [6.07, 6.45) is 1.99. The Morgan fingerprint density at radius 1 is 0.684 bits per heavy atom. The molecule has 0 aliphatic heterocycles. The fraction of sp³-hybridized carbons (Fsp3) is 0.200. The number of furan rings is 1. The molecule has 0 radical (unpaired) electrons. The minimum Gasteiger partial charge on any atom is -0.437 e. The number of aryl methyl sites for hydroxylation is 1. The zero-order valence-corrected chi connectivity index (χ0v) is 22.6. The number of hydrogen-bond donors (Lipinski definition) is 0. The SMILES string of the molecule is Cc1ccc2c(oc3nc(C(C)C)ccc32)c1-c1ncc(-c2ccc(C(C)C)cc2)cc1-c1ccccc1. The molecule has 3 aromatic heterocycles. The van der Waals surface area contributed by atoms with Crippen molar-refractivity contribution in [2.45, 2.75) is 46.5 Å². The molecule has 0 saturated carbocycles. The maximum Gasteiger partial charge on any atom is 0.227 e. The Morgan fingerprint density at radius 2 is 1.42 bits per heavy atom. The van der Waals surface area contributed by atoms with Crippen molar-refractivity contribution in [3.05, 3.63) is 108 Å². The summed E-state index contributed by atoms with van der Waals surface area (Å²) in [5, 5.41) is 2.10. The van der Waals surface area contributed by atoms with Crippen LogP contribution in [0.4, 0.5) is 0 Å². The Labute approximate surface area is 224 Å². The predicted molar refractivity (Wildman–Crippen MR) is 159 cm³/mol. The van der Waals surface area contributed by atoms with Gasteiger partial charge in [0, 0.05) is 39.4 Å². The molecule has 0 spiro atoms. The van der Waals surface area contributed by atoms with Gasteiger partial charge >= 0.3 is 0 Å². The first kappa shape index (κ1) is 24.1. The minimum atomic E-state index is 0.335. The van der Waals surface area contributed by atoms with Crippen LogP contribution < -0.4 is 0 Å². The van der Waals surface area contributed by atoms with Crippen LogP contribution in [0.1, 0.15) is 56.4 Å². The Morgan fingerprint density at radius 3 is 2.13 bits per heavy atom. The molecule has 0 amide bonds. The molecule has 38 heavy (non-hydrogen) atoms. The highest BCUT2D eigenvalue weighted by Crippen LogP contribution is 2.41. The Balaban J connectivity index is 1.59. The van der Waals surface area contributed by atoms with Crippen molar-refractivity contribution < 1.29 is 4.42 Å². The van der Waals surface area contributed by atoms with Crippen LogP contribution in [-0.4, -0.2) is 9.97 Å². The summed E-state index contributed by atoms with van der Waals surface area (Å²) in [7, 11) is 0. The molecule has 6 rings (SSSR count). The number of pyridine rings is 2. The van der Waals surface area contributed by atoms with Crippen LogP contribution in [0.15, 0.2) is 95.5 Å². The normalized spacial score (nSPS) is 11.8. The van der Waals surface area contributed by atoms with Gasteiger partial charge in [-0.25, -0.2) is 4.98 Å². The lowest BCUT2D eigenvalue weighted by atomic mass is 9.92. The molecule has 0 N–H and O–H groups in total. The Kier molecular flexibility index (Phi) is 6.07. The molecule has 0 fully saturated rings. The average molecular weight is 497 g/mol. The summed E-state index contributed by atoms with van der Waals surface area (Å²) >= 11 is 0. The molecule has 0 unspecified atom stereocenters. The lowest BCUT2D eigenvalue weighted by molar-refractivity contribution is 0.648. The smallest absolute Gasteiger partial charge is 0.227 e. The van der Waals surface area contributed by atoms with Gasteiger partial charge in [-0.15, -0.1) is 0 Å². The third-order valence-corrected chi connectivity index (χ3v) is 7.45. The fourth-order valence-electron chi connectivity index (χ4n) is 5.17. The van der Waals surface area contributed by atoms with Gasteiger partial charge < -0.3 is 4.42 Å². The van der Waals surface area contributed by atoms with E-state index in [2.05, 4.69) is 113 Å². The lowest BCUT2D eigenvalue weighted by Crippen LogP contribution is -1.94. The number of benzene rings is 3. The van der Waals surface area contributed by atoms with Crippen molar-refractivity contribution >= 4 is 22.1 Å². The van der Waals surface area contributed by atoms with E-state index in [1.807, 2.05) is 12.3 Å². The van der Waals surface area contributed by atoms with Gasteiger partial charge in [-0.05, 0) is 59.2 Å². The monoisotopic (exact) mass is 496 g/mol. The quantitative estimate of drug-likeness (QED) is 0.238. The van der Waals surface area contributed by atoms with E-state index in [1.54, 1.807) is 0 Å². The molecule has 0 aliphatic carbocycles. The molecule has 0 saturated heterocycles. The Bertz CT molecular complexity index is 1760. The predicted octanol–water partition coefficient (Wildman–Crippen LogP) is 9.93. The highest BCUT2D eigenvalue weighted by atomic mass is 16.3. The zero-order valence-electron chi connectivity index (χ0n) is 22.6. The van der Waals surface area contributed by atoms with Gasteiger partial charge in [-0.1, -0.05) is 94.4 Å². The van der Waals surface area contributed by atoms with Crippen LogP contribution in [-0.2, 0) is 0 Å². The molecule has 0 bridgehead atoms. The van der Waals surface area contributed by atoms with Crippen molar-refractivity contribution in [1.29, 1.82) is 0 Å². The van der Waals surface area contributed by atoms with Crippen molar-refractivity contribution in [1.82, 2.24) is 9.97 Å². The fourth-order valence-corrected chi connectivity index (χ4v) is 5.17. The molecule has 3 aromatic carbocycles. The van der Waals surface area contributed by atoms with Gasteiger partial charge in [0.05, 0.1) is 5.69 Å². The van der Waals surface area contributed by atoms with Crippen LogP contribution in [0.3, 0.4) is 0 Å². The van der Waals surface area contributed by atoms with Crippen LogP contribution in [0, 0.1) is 6.92 Å². The van der Waals surface area contributed by atoms with Gasteiger partial charge in [0.2, 0.25) is 5.71 Å². The number of aromatic nitrogens is 2. The van der Waals surface area contributed by atoms with E-state index in [0.717, 1.165) is 61.1 Å². The van der Waals surface area contributed by atoms with Gasteiger partial charge in [0.25, 0.3) is 0 Å². The summed E-state index contributed by atoms with van der Waals surface area (Å²) in [6.45, 7) is 10.9. The zero-order chi connectivity index (χ0) is 26.4. The summed E-state index contributed by atoms with van der Waals surface area (Å²) in [5.41, 5.74) is 11.4. The van der Waals surface area contributed by atoms with Crippen LogP contribution >= 0.6 is 0 Å². The topological polar surface area (TPSA) is 38.9 Å². The van der Waals surface area contributed by atoms with Crippen molar-refractivity contribution in [3.8, 4) is 33.5 Å². The third-order valence-electron chi connectivity index (χ3n) is 7.45. The second kappa shape index (κ2) is 9.57. The number of rotatable bonds is 5. The summed E-state index contributed by atoms with van der Waals surface area (Å²) < 4.78 is 6.50. The molecule has 3 heterocycles. The van der Waals surface area contributed by atoms with E-state index in [0.29, 0.717) is 17.5 Å². The van der Waals surface area contributed by atoms with Crippen molar-refractivity contribution in [3.63, 3.8) is 0 Å². The first-order valence-electron chi connectivity index (χ1n) is 13.4.